The van der Waals surface area contributed by atoms with E-state index in [0.717, 1.165) is 0 Å². The van der Waals surface area contributed by atoms with E-state index in [1.807, 2.05) is 0 Å². The van der Waals surface area contributed by atoms with Gasteiger partial charge < -0.3 is 0 Å². The second-order valence-electron chi connectivity index (χ2n) is 7.35. The monoisotopic (exact) mass is 322 g/mol. The zero-order valence-corrected chi connectivity index (χ0v) is 16.6. The summed E-state index contributed by atoms with van der Waals surface area (Å²) in [6.45, 7) is 4.59. The topological polar surface area (TPSA) is 0 Å². The van der Waals surface area contributed by atoms with Crippen LogP contribution in [0.2, 0.25) is 0 Å². The van der Waals surface area contributed by atoms with Crippen LogP contribution in [0.5, 0.6) is 0 Å². The smallest absolute Gasteiger partial charge is 0.0351 e. The van der Waals surface area contributed by atoms with Crippen LogP contribution >= 0.6 is 0 Å². The standard InChI is InChI=1S/C23H46/c1-3-5-7-9-11-13-15-17-19-21-23-22-20-18-16-14-12-10-8-6-4-2/h19,21H,3-18,20,22-23H2,1-2H3/b21-19-. The van der Waals surface area contributed by atoms with E-state index >= 15 is 0 Å². The molecule has 0 aliphatic heterocycles. The first-order valence-corrected chi connectivity index (χ1v) is 11.1. The summed E-state index contributed by atoms with van der Waals surface area (Å²) in [4.78, 5) is 0. The Kier molecular flexibility index (Phi) is 21.5. The normalized spacial score (nSPS) is 11.6. The first-order valence-electron chi connectivity index (χ1n) is 11.1. The van der Waals surface area contributed by atoms with E-state index in [1.165, 1.54) is 122 Å². The van der Waals surface area contributed by atoms with Gasteiger partial charge in [0.15, 0.2) is 0 Å². The van der Waals surface area contributed by atoms with Crippen molar-refractivity contribution in [2.45, 2.75) is 136 Å². The first kappa shape index (κ1) is 22.7. The van der Waals surface area contributed by atoms with Gasteiger partial charge in [-0.05, 0) is 25.7 Å². The fraction of sp³-hybridized carbons (Fsp3) is 0.913. The van der Waals surface area contributed by atoms with Crippen molar-refractivity contribution in [1.29, 1.82) is 0 Å². The molecule has 0 spiro atoms. The third kappa shape index (κ3) is 21.7. The van der Waals surface area contributed by atoms with E-state index in [4.69, 9.17) is 0 Å². The molecule has 0 heterocycles. The summed E-state index contributed by atoms with van der Waals surface area (Å²) in [7, 11) is 0. The molecule has 0 aromatic rings. The molecule has 0 nitrogen and oxygen atoms in total. The molecule has 0 fully saturated rings. The van der Waals surface area contributed by atoms with Crippen molar-refractivity contribution in [3.8, 4) is 0 Å². The minimum atomic E-state index is 1.31. The zero-order valence-electron chi connectivity index (χ0n) is 16.6. The van der Waals surface area contributed by atoms with Crippen LogP contribution in [0.4, 0.5) is 0 Å². The fourth-order valence-corrected chi connectivity index (χ4v) is 3.20. The highest BCUT2D eigenvalue weighted by molar-refractivity contribution is 4.81. The summed E-state index contributed by atoms with van der Waals surface area (Å²) >= 11 is 0. The van der Waals surface area contributed by atoms with Gasteiger partial charge in [-0.15, -0.1) is 0 Å². The molecule has 0 radical (unpaired) electrons. The van der Waals surface area contributed by atoms with E-state index in [2.05, 4.69) is 26.0 Å². The Labute approximate surface area is 148 Å². The quantitative estimate of drug-likeness (QED) is 0.164. The van der Waals surface area contributed by atoms with Crippen LogP contribution in [-0.2, 0) is 0 Å². The van der Waals surface area contributed by atoms with Crippen molar-refractivity contribution < 1.29 is 0 Å². The predicted octanol–water partition coefficient (Wildman–Crippen LogP) is 8.99. The minimum Gasteiger partial charge on any atom is -0.0885 e. The maximum absolute atomic E-state index is 2.43. The van der Waals surface area contributed by atoms with Gasteiger partial charge in [0.1, 0.15) is 0 Å². The summed E-state index contributed by atoms with van der Waals surface area (Å²) in [6, 6.07) is 0. The van der Waals surface area contributed by atoms with Crippen molar-refractivity contribution in [3.05, 3.63) is 12.2 Å². The second kappa shape index (κ2) is 21.7. The average Bonchev–Trinajstić information content (AvgIpc) is 2.57. The molecule has 0 amide bonds. The van der Waals surface area contributed by atoms with Crippen molar-refractivity contribution in [3.63, 3.8) is 0 Å². The molecule has 0 aromatic carbocycles. The van der Waals surface area contributed by atoms with Gasteiger partial charge >= 0.3 is 0 Å². The van der Waals surface area contributed by atoms with Crippen LogP contribution in [0.3, 0.4) is 0 Å². The van der Waals surface area contributed by atoms with Crippen LogP contribution < -0.4 is 0 Å². The maximum Gasteiger partial charge on any atom is -0.0351 e. The average molecular weight is 323 g/mol. The second-order valence-corrected chi connectivity index (χ2v) is 7.35. The Bertz CT molecular complexity index is 216. The lowest BCUT2D eigenvalue weighted by molar-refractivity contribution is 0.557. The Balaban J connectivity index is 3.03. The van der Waals surface area contributed by atoms with E-state index in [9.17, 15) is 0 Å². The van der Waals surface area contributed by atoms with Gasteiger partial charge in [0, 0.05) is 0 Å². The van der Waals surface area contributed by atoms with Crippen molar-refractivity contribution in [2.75, 3.05) is 0 Å². The Hall–Kier alpha value is -0.260. The van der Waals surface area contributed by atoms with Gasteiger partial charge in [0.2, 0.25) is 0 Å². The highest BCUT2D eigenvalue weighted by atomic mass is 14.0. The van der Waals surface area contributed by atoms with Crippen LogP contribution in [0.25, 0.3) is 0 Å². The van der Waals surface area contributed by atoms with Gasteiger partial charge in [-0.1, -0.05) is 122 Å². The van der Waals surface area contributed by atoms with Crippen LogP contribution in [0.1, 0.15) is 136 Å². The predicted molar refractivity (Wildman–Crippen MR) is 108 cm³/mol. The molecule has 0 saturated carbocycles. The molecule has 0 bridgehead atoms. The molecule has 138 valence electrons. The van der Waals surface area contributed by atoms with Gasteiger partial charge in [-0.25, -0.2) is 0 Å². The number of rotatable bonds is 19. The van der Waals surface area contributed by atoms with Gasteiger partial charge in [-0.2, -0.15) is 0 Å². The lowest BCUT2D eigenvalue weighted by Gasteiger charge is -2.01. The largest absolute Gasteiger partial charge is 0.0885 e. The summed E-state index contributed by atoms with van der Waals surface area (Å²) < 4.78 is 0. The van der Waals surface area contributed by atoms with E-state index in [-0.39, 0.29) is 0 Å². The molecule has 0 unspecified atom stereocenters. The lowest BCUT2D eigenvalue weighted by Crippen LogP contribution is -1.81. The summed E-state index contributed by atoms with van der Waals surface area (Å²) in [6.07, 6.45) is 31.9. The van der Waals surface area contributed by atoms with Crippen molar-refractivity contribution in [2.24, 2.45) is 0 Å². The van der Waals surface area contributed by atoms with Gasteiger partial charge in [0.25, 0.3) is 0 Å². The summed E-state index contributed by atoms with van der Waals surface area (Å²) in [5, 5.41) is 0. The SMILES string of the molecule is CCCCCCCCC/C=C\CCCCCCCCCCCC. The first-order chi connectivity index (χ1) is 11.4. The van der Waals surface area contributed by atoms with Crippen LogP contribution in [0.15, 0.2) is 12.2 Å². The molecular formula is C23H46. The highest BCUT2D eigenvalue weighted by Crippen LogP contribution is 2.12. The van der Waals surface area contributed by atoms with E-state index < -0.39 is 0 Å². The molecule has 0 rings (SSSR count). The van der Waals surface area contributed by atoms with Crippen molar-refractivity contribution >= 4 is 0 Å². The molecule has 0 heteroatoms. The van der Waals surface area contributed by atoms with Crippen LogP contribution in [0, 0.1) is 0 Å². The van der Waals surface area contributed by atoms with E-state index in [1.54, 1.807) is 0 Å². The number of hydrogen-bond acceptors (Lipinski definition) is 0. The molecule has 0 aromatic heterocycles. The molecule has 23 heavy (non-hydrogen) atoms. The molecule has 0 saturated heterocycles. The molecular weight excluding hydrogens is 276 g/mol. The number of allylic oxidation sites excluding steroid dienone is 2. The fourth-order valence-electron chi connectivity index (χ4n) is 3.20. The molecule has 0 aliphatic carbocycles. The Morgan fingerprint density at radius 2 is 0.609 bits per heavy atom. The minimum absolute atomic E-state index is 1.31. The Morgan fingerprint density at radius 1 is 0.348 bits per heavy atom. The molecule has 0 N–H and O–H groups in total. The van der Waals surface area contributed by atoms with Crippen molar-refractivity contribution in [1.82, 2.24) is 0 Å². The third-order valence-electron chi connectivity index (χ3n) is 4.87. The Morgan fingerprint density at radius 3 is 0.913 bits per heavy atom. The number of unbranched alkanes of at least 4 members (excludes halogenated alkanes) is 17. The lowest BCUT2D eigenvalue weighted by atomic mass is 10.1. The highest BCUT2D eigenvalue weighted by Gasteiger charge is 1.92. The summed E-state index contributed by atoms with van der Waals surface area (Å²) in [5.41, 5.74) is 0. The van der Waals surface area contributed by atoms with E-state index in [0.29, 0.717) is 0 Å². The zero-order chi connectivity index (χ0) is 16.8. The van der Waals surface area contributed by atoms with Crippen LogP contribution in [-0.4, -0.2) is 0 Å². The van der Waals surface area contributed by atoms with Gasteiger partial charge in [-0.3, -0.25) is 0 Å². The number of hydrogen-bond donors (Lipinski definition) is 0. The molecule has 0 aliphatic rings. The third-order valence-corrected chi connectivity index (χ3v) is 4.87. The summed E-state index contributed by atoms with van der Waals surface area (Å²) in [5.74, 6) is 0. The maximum atomic E-state index is 2.43. The molecule has 0 atom stereocenters. The van der Waals surface area contributed by atoms with Gasteiger partial charge in [0.05, 0.1) is 0 Å².